The fraction of sp³-hybridized carbons (Fsp3) is 0.0769. The van der Waals surface area contributed by atoms with Crippen LogP contribution in [-0.2, 0) is 6.54 Å². The lowest BCUT2D eigenvalue weighted by Gasteiger charge is -2.07. The van der Waals surface area contributed by atoms with Crippen LogP contribution in [0.25, 0.3) is 0 Å². The van der Waals surface area contributed by atoms with Crippen LogP contribution >= 0.6 is 0 Å². The number of nitrogens with two attached hydrogens (primary N) is 1. The van der Waals surface area contributed by atoms with Crippen LogP contribution in [0.4, 0.5) is 10.1 Å². The van der Waals surface area contributed by atoms with Crippen LogP contribution in [0, 0.1) is 5.82 Å². The average molecular weight is 245 g/mol. The fourth-order valence-corrected chi connectivity index (χ4v) is 1.48. The average Bonchev–Trinajstić information content (AvgIpc) is 2.42. The molecule has 0 aliphatic heterocycles. The van der Waals surface area contributed by atoms with E-state index in [-0.39, 0.29) is 12.2 Å². The smallest absolute Gasteiger partial charge is 0.257 e. The third-order valence-corrected chi connectivity index (χ3v) is 2.44. The maximum Gasteiger partial charge on any atom is 0.257 e. The van der Waals surface area contributed by atoms with Crippen LogP contribution < -0.4 is 11.1 Å². The molecule has 18 heavy (non-hydrogen) atoms. The summed E-state index contributed by atoms with van der Waals surface area (Å²) >= 11 is 0. The van der Waals surface area contributed by atoms with Crippen molar-refractivity contribution in [3.05, 3.63) is 59.7 Å². The number of carbonyl (C=O) groups excluding carboxylic acids is 1. The monoisotopic (exact) mass is 245 g/mol. The highest BCUT2D eigenvalue weighted by Gasteiger charge is 2.09. The summed E-state index contributed by atoms with van der Waals surface area (Å²) in [6, 6.07) is 7.71. The van der Waals surface area contributed by atoms with Crippen LogP contribution in [0.3, 0.4) is 0 Å². The summed E-state index contributed by atoms with van der Waals surface area (Å²) in [7, 11) is 0. The van der Waals surface area contributed by atoms with Crippen molar-refractivity contribution in [2.45, 2.75) is 6.54 Å². The summed E-state index contributed by atoms with van der Waals surface area (Å²) in [5.41, 5.74) is 6.57. The molecule has 0 spiro atoms. The summed E-state index contributed by atoms with van der Waals surface area (Å²) in [5.74, 6) is -0.905. The van der Waals surface area contributed by atoms with Gasteiger partial charge in [-0.2, -0.15) is 0 Å². The number of halogens is 1. The largest absolute Gasteiger partial charge is 0.326 e. The number of rotatable bonds is 3. The molecule has 0 unspecified atom stereocenters. The lowest BCUT2D eigenvalue weighted by atomic mass is 10.2. The number of amides is 1. The Kier molecular flexibility index (Phi) is 3.64. The van der Waals surface area contributed by atoms with E-state index in [1.165, 1.54) is 18.3 Å². The Hall–Kier alpha value is -2.27. The van der Waals surface area contributed by atoms with Crippen molar-refractivity contribution in [1.29, 1.82) is 0 Å². The van der Waals surface area contributed by atoms with Gasteiger partial charge in [0.05, 0.1) is 11.3 Å². The van der Waals surface area contributed by atoms with Gasteiger partial charge in [-0.15, -0.1) is 0 Å². The minimum Gasteiger partial charge on any atom is -0.326 e. The summed E-state index contributed by atoms with van der Waals surface area (Å²) in [5, 5.41) is 2.48. The Morgan fingerprint density at radius 2 is 2.22 bits per heavy atom. The van der Waals surface area contributed by atoms with Gasteiger partial charge in [0.1, 0.15) is 5.82 Å². The first-order chi connectivity index (χ1) is 8.70. The van der Waals surface area contributed by atoms with Crippen molar-refractivity contribution in [1.82, 2.24) is 4.98 Å². The normalized spacial score (nSPS) is 10.1. The van der Waals surface area contributed by atoms with Crippen molar-refractivity contribution in [3.63, 3.8) is 0 Å². The molecule has 0 aliphatic rings. The van der Waals surface area contributed by atoms with Crippen LogP contribution in [-0.4, -0.2) is 10.9 Å². The van der Waals surface area contributed by atoms with E-state index < -0.39 is 11.7 Å². The first-order valence-corrected chi connectivity index (χ1v) is 5.40. The molecule has 2 aromatic rings. The molecule has 0 fully saturated rings. The summed E-state index contributed by atoms with van der Waals surface area (Å²) in [6.45, 7) is 0.258. The van der Waals surface area contributed by atoms with E-state index >= 15 is 0 Å². The molecule has 0 saturated heterocycles. The van der Waals surface area contributed by atoms with Crippen LogP contribution in [0.15, 0.2) is 42.7 Å². The minimum absolute atomic E-state index is 0.126. The maximum absolute atomic E-state index is 13.6. The molecule has 3 N–H and O–H groups in total. The molecule has 0 saturated carbocycles. The summed E-state index contributed by atoms with van der Waals surface area (Å²) < 4.78 is 13.6. The van der Waals surface area contributed by atoms with Gasteiger partial charge in [-0.25, -0.2) is 4.39 Å². The van der Waals surface area contributed by atoms with Crippen molar-refractivity contribution in [2.75, 3.05) is 5.32 Å². The van der Waals surface area contributed by atoms with Gasteiger partial charge >= 0.3 is 0 Å². The SMILES string of the molecule is NCc1ccc(NC(=O)c2cccnc2)c(F)c1. The fourth-order valence-electron chi connectivity index (χ4n) is 1.48. The second-order valence-electron chi connectivity index (χ2n) is 3.71. The van der Waals surface area contributed by atoms with Crippen molar-refractivity contribution in [3.8, 4) is 0 Å². The van der Waals surface area contributed by atoms with E-state index in [2.05, 4.69) is 10.3 Å². The molecule has 0 aliphatic carbocycles. The highest BCUT2D eigenvalue weighted by Crippen LogP contribution is 2.16. The van der Waals surface area contributed by atoms with Gasteiger partial charge < -0.3 is 11.1 Å². The number of hydrogen-bond donors (Lipinski definition) is 2. The second-order valence-corrected chi connectivity index (χ2v) is 3.71. The number of carbonyl (C=O) groups is 1. The highest BCUT2D eigenvalue weighted by molar-refractivity contribution is 6.04. The third-order valence-electron chi connectivity index (χ3n) is 2.44. The molecule has 4 nitrogen and oxygen atoms in total. The first-order valence-electron chi connectivity index (χ1n) is 5.40. The van der Waals surface area contributed by atoms with Gasteiger partial charge in [0.15, 0.2) is 0 Å². The zero-order valence-electron chi connectivity index (χ0n) is 9.56. The van der Waals surface area contributed by atoms with Crippen molar-refractivity contribution >= 4 is 11.6 Å². The van der Waals surface area contributed by atoms with E-state index in [0.717, 1.165) is 0 Å². The topological polar surface area (TPSA) is 68.0 Å². The van der Waals surface area contributed by atoms with E-state index in [1.54, 1.807) is 24.4 Å². The van der Waals surface area contributed by atoms with Crippen LogP contribution in [0.5, 0.6) is 0 Å². The van der Waals surface area contributed by atoms with Gasteiger partial charge in [-0.1, -0.05) is 6.07 Å². The molecule has 5 heteroatoms. The van der Waals surface area contributed by atoms with Crippen LogP contribution in [0.2, 0.25) is 0 Å². The molecule has 0 bridgehead atoms. The Morgan fingerprint density at radius 1 is 1.39 bits per heavy atom. The number of nitrogens with one attached hydrogen (secondary N) is 1. The Labute approximate surface area is 104 Å². The zero-order valence-corrected chi connectivity index (χ0v) is 9.56. The van der Waals surface area contributed by atoms with Gasteiger partial charge in [-0.05, 0) is 29.8 Å². The van der Waals surface area contributed by atoms with Crippen LogP contribution in [0.1, 0.15) is 15.9 Å². The molecule has 2 rings (SSSR count). The number of aromatic nitrogens is 1. The van der Waals surface area contributed by atoms with E-state index in [9.17, 15) is 9.18 Å². The molecule has 92 valence electrons. The lowest BCUT2D eigenvalue weighted by Crippen LogP contribution is -2.13. The number of hydrogen-bond acceptors (Lipinski definition) is 3. The number of nitrogens with zero attached hydrogens (tertiary/aromatic N) is 1. The molecule has 0 radical (unpaired) electrons. The van der Waals surface area contributed by atoms with Crippen molar-refractivity contribution < 1.29 is 9.18 Å². The Morgan fingerprint density at radius 3 is 2.83 bits per heavy atom. The molecule has 1 aromatic carbocycles. The summed E-state index contributed by atoms with van der Waals surface area (Å²) in [6.07, 6.45) is 2.98. The van der Waals surface area contributed by atoms with E-state index in [0.29, 0.717) is 11.1 Å². The van der Waals surface area contributed by atoms with Crippen molar-refractivity contribution in [2.24, 2.45) is 5.73 Å². The molecule has 1 amide bonds. The summed E-state index contributed by atoms with van der Waals surface area (Å²) in [4.78, 5) is 15.6. The molecule has 1 heterocycles. The quantitative estimate of drug-likeness (QED) is 0.868. The maximum atomic E-state index is 13.6. The minimum atomic E-state index is -0.504. The third kappa shape index (κ3) is 2.70. The number of benzene rings is 1. The number of anilines is 1. The van der Waals surface area contributed by atoms with Gasteiger partial charge in [0.25, 0.3) is 5.91 Å². The van der Waals surface area contributed by atoms with Gasteiger partial charge in [0.2, 0.25) is 0 Å². The molecule has 0 atom stereocenters. The Bertz CT molecular complexity index is 557. The van der Waals surface area contributed by atoms with Gasteiger partial charge in [0, 0.05) is 18.9 Å². The predicted molar refractivity (Wildman–Crippen MR) is 66.5 cm³/mol. The molecule has 1 aromatic heterocycles. The van der Waals surface area contributed by atoms with E-state index in [4.69, 9.17) is 5.73 Å². The first kappa shape index (κ1) is 12.2. The second kappa shape index (κ2) is 5.37. The van der Waals surface area contributed by atoms with E-state index in [1.807, 2.05) is 0 Å². The predicted octanol–water partition coefficient (Wildman–Crippen LogP) is 1.93. The molecular weight excluding hydrogens is 233 g/mol. The highest BCUT2D eigenvalue weighted by atomic mass is 19.1. The Balaban J connectivity index is 2.17. The molecular formula is C13H12FN3O. The standard InChI is InChI=1S/C13H12FN3O/c14-11-6-9(7-15)3-4-12(11)17-13(18)10-2-1-5-16-8-10/h1-6,8H,7,15H2,(H,17,18). The zero-order chi connectivity index (χ0) is 13.0. The lowest BCUT2D eigenvalue weighted by molar-refractivity contribution is 0.102. The van der Waals surface area contributed by atoms with Gasteiger partial charge in [-0.3, -0.25) is 9.78 Å². The number of pyridine rings is 1.